The zero-order valence-corrected chi connectivity index (χ0v) is 17.2. The van der Waals surface area contributed by atoms with Gasteiger partial charge in [-0.05, 0) is 60.7 Å². The van der Waals surface area contributed by atoms with Gasteiger partial charge in [0.2, 0.25) is 0 Å². The van der Waals surface area contributed by atoms with Crippen molar-refractivity contribution in [3.8, 4) is 17.2 Å². The third-order valence-corrected chi connectivity index (χ3v) is 5.23. The molecule has 0 spiro atoms. The molecule has 0 aliphatic heterocycles. The summed E-state index contributed by atoms with van der Waals surface area (Å²) in [5.74, 6) is 0.814. The number of ether oxygens (including phenoxy) is 2. The first-order valence-corrected chi connectivity index (χ1v) is 10.2. The van der Waals surface area contributed by atoms with Crippen LogP contribution in [0.15, 0.2) is 53.0 Å². The van der Waals surface area contributed by atoms with Gasteiger partial charge >= 0.3 is 6.18 Å². The van der Waals surface area contributed by atoms with Gasteiger partial charge in [-0.15, -0.1) is 0 Å². The first-order chi connectivity index (χ1) is 13.8. The Bertz CT molecular complexity index is 838. The number of alkyl halides is 3. The molecule has 1 aliphatic carbocycles. The fourth-order valence-corrected chi connectivity index (χ4v) is 3.62. The van der Waals surface area contributed by atoms with E-state index in [0.29, 0.717) is 11.7 Å². The summed E-state index contributed by atoms with van der Waals surface area (Å²) in [6, 6.07) is 11.2. The Hall–Kier alpha value is -1.85. The molecule has 29 heavy (non-hydrogen) atoms. The second-order valence-corrected chi connectivity index (χ2v) is 7.97. The summed E-state index contributed by atoms with van der Waals surface area (Å²) in [6.07, 6.45) is 2.81. The minimum absolute atomic E-state index is 0.0739. The van der Waals surface area contributed by atoms with E-state index < -0.39 is 11.7 Å². The van der Waals surface area contributed by atoms with Crippen LogP contribution in [-0.4, -0.2) is 6.61 Å². The number of hydrogen-bond acceptors (Lipinski definition) is 2. The van der Waals surface area contributed by atoms with E-state index in [-0.39, 0.29) is 22.6 Å². The highest BCUT2D eigenvalue weighted by atomic mass is 35.5. The predicted octanol–water partition coefficient (Wildman–Crippen LogP) is 8.24. The van der Waals surface area contributed by atoms with E-state index in [4.69, 9.17) is 32.7 Å². The molecular weight excluding hydrogens is 424 g/mol. The van der Waals surface area contributed by atoms with Gasteiger partial charge in [-0.1, -0.05) is 54.6 Å². The molecule has 1 aliphatic rings. The third kappa shape index (κ3) is 6.31. The molecular formula is C22H21Cl2F3O2. The van der Waals surface area contributed by atoms with Crippen molar-refractivity contribution in [1.29, 1.82) is 0 Å². The molecule has 0 atom stereocenters. The molecule has 0 unspecified atom stereocenters. The highest BCUT2D eigenvalue weighted by molar-refractivity contribution is 6.55. The van der Waals surface area contributed by atoms with Gasteiger partial charge in [-0.25, -0.2) is 0 Å². The van der Waals surface area contributed by atoms with Crippen LogP contribution < -0.4 is 9.47 Å². The zero-order valence-electron chi connectivity index (χ0n) is 15.6. The predicted molar refractivity (Wildman–Crippen MR) is 109 cm³/mol. The molecule has 7 heteroatoms. The number of hydrogen-bond donors (Lipinski definition) is 0. The van der Waals surface area contributed by atoms with Gasteiger partial charge in [0.05, 0.1) is 0 Å². The van der Waals surface area contributed by atoms with Crippen molar-refractivity contribution in [3.63, 3.8) is 0 Å². The number of halogens is 5. The van der Waals surface area contributed by atoms with Crippen LogP contribution in [-0.2, 0) is 6.18 Å². The van der Waals surface area contributed by atoms with Gasteiger partial charge in [0.15, 0.2) is 0 Å². The van der Waals surface area contributed by atoms with E-state index >= 15 is 0 Å². The van der Waals surface area contributed by atoms with Crippen molar-refractivity contribution in [2.45, 2.75) is 44.2 Å². The van der Waals surface area contributed by atoms with Crippen LogP contribution >= 0.6 is 23.2 Å². The highest BCUT2D eigenvalue weighted by Crippen LogP contribution is 2.40. The van der Waals surface area contributed by atoms with Crippen LogP contribution in [0.5, 0.6) is 17.2 Å². The lowest BCUT2D eigenvalue weighted by molar-refractivity contribution is -0.138. The van der Waals surface area contributed by atoms with Gasteiger partial charge in [0.1, 0.15) is 33.9 Å². The average Bonchev–Trinajstić information content (AvgIpc) is 2.69. The molecule has 2 nitrogen and oxygen atoms in total. The molecule has 2 aromatic carbocycles. The van der Waals surface area contributed by atoms with Gasteiger partial charge in [0, 0.05) is 0 Å². The zero-order chi connectivity index (χ0) is 20.9. The Morgan fingerprint density at radius 3 is 2.24 bits per heavy atom. The molecule has 1 fully saturated rings. The van der Waals surface area contributed by atoms with Crippen LogP contribution in [0.25, 0.3) is 0 Å². The maximum absolute atomic E-state index is 13.4. The van der Waals surface area contributed by atoms with Crippen LogP contribution in [0.3, 0.4) is 0 Å². The summed E-state index contributed by atoms with van der Waals surface area (Å²) in [5, 5.41) is 0. The second kappa shape index (κ2) is 9.77. The van der Waals surface area contributed by atoms with Crippen molar-refractivity contribution in [3.05, 3.63) is 64.2 Å². The number of benzene rings is 2. The van der Waals surface area contributed by atoms with Gasteiger partial charge in [0.25, 0.3) is 0 Å². The van der Waals surface area contributed by atoms with Crippen LogP contribution in [0.2, 0.25) is 0 Å². The normalized spacial score (nSPS) is 15.1. The summed E-state index contributed by atoms with van der Waals surface area (Å²) in [4.78, 5) is 0. The number of rotatable bonds is 6. The minimum atomic E-state index is -4.59. The molecule has 156 valence electrons. The highest BCUT2D eigenvalue weighted by Gasteiger charge is 2.35. The lowest BCUT2D eigenvalue weighted by Gasteiger charge is -2.22. The quantitative estimate of drug-likeness (QED) is 0.446. The SMILES string of the molecule is FC(F)(F)c1cc(Oc2ccc(C3CCCCC3)cc2)ccc1OCC=C(Cl)Cl. The van der Waals surface area contributed by atoms with Crippen LogP contribution in [0.1, 0.15) is 49.1 Å². The monoisotopic (exact) mass is 444 g/mol. The first kappa shape index (κ1) is 21.8. The Morgan fingerprint density at radius 2 is 1.62 bits per heavy atom. The topological polar surface area (TPSA) is 18.5 Å². The fourth-order valence-electron chi connectivity index (χ4n) is 3.49. The van der Waals surface area contributed by atoms with E-state index in [1.54, 1.807) is 12.1 Å². The van der Waals surface area contributed by atoms with Gasteiger partial charge < -0.3 is 9.47 Å². The molecule has 0 bridgehead atoms. The van der Waals surface area contributed by atoms with Crippen LogP contribution in [0.4, 0.5) is 13.2 Å². The average molecular weight is 445 g/mol. The molecule has 0 amide bonds. The Balaban J connectivity index is 1.74. The van der Waals surface area contributed by atoms with Crippen molar-refractivity contribution in [2.24, 2.45) is 0 Å². The van der Waals surface area contributed by atoms with Gasteiger partial charge in [-0.3, -0.25) is 0 Å². The van der Waals surface area contributed by atoms with E-state index in [1.165, 1.54) is 55.9 Å². The summed E-state index contributed by atoms with van der Waals surface area (Å²) in [5.41, 5.74) is 0.329. The van der Waals surface area contributed by atoms with Crippen LogP contribution in [0, 0.1) is 0 Å². The van der Waals surface area contributed by atoms with Crippen molar-refractivity contribution in [2.75, 3.05) is 6.61 Å². The summed E-state index contributed by atoms with van der Waals surface area (Å²) in [7, 11) is 0. The molecule has 0 heterocycles. The van der Waals surface area contributed by atoms with E-state index in [9.17, 15) is 13.2 Å². The standard InChI is InChI=1S/C22H21Cl2F3O2/c23-21(24)12-13-28-20-11-10-18(14-19(20)22(25,26)27)29-17-8-6-16(7-9-17)15-4-2-1-3-5-15/h6-12,14-15H,1-5,13H2. The Morgan fingerprint density at radius 1 is 0.966 bits per heavy atom. The van der Waals surface area contributed by atoms with Crippen molar-refractivity contribution >= 4 is 23.2 Å². The van der Waals surface area contributed by atoms with Gasteiger partial charge in [-0.2, -0.15) is 13.2 Å². The molecule has 1 saturated carbocycles. The molecule has 0 saturated heterocycles. The summed E-state index contributed by atoms with van der Waals surface area (Å²) in [6.45, 7) is -0.172. The first-order valence-electron chi connectivity index (χ1n) is 9.46. The molecule has 2 aromatic rings. The fraction of sp³-hybridized carbons (Fsp3) is 0.364. The molecule has 3 rings (SSSR count). The summed E-state index contributed by atoms with van der Waals surface area (Å²) < 4.78 is 50.9. The molecule has 0 N–H and O–H groups in total. The molecule has 0 aromatic heterocycles. The Kier molecular flexibility index (Phi) is 7.36. The minimum Gasteiger partial charge on any atom is -0.489 e. The maximum atomic E-state index is 13.4. The molecule has 0 radical (unpaired) electrons. The summed E-state index contributed by atoms with van der Waals surface area (Å²) >= 11 is 10.9. The third-order valence-electron chi connectivity index (χ3n) is 4.93. The lowest BCUT2D eigenvalue weighted by atomic mass is 9.84. The second-order valence-electron chi connectivity index (χ2n) is 6.97. The lowest BCUT2D eigenvalue weighted by Crippen LogP contribution is -2.09. The maximum Gasteiger partial charge on any atom is 0.420 e. The van der Waals surface area contributed by atoms with E-state index in [2.05, 4.69) is 0 Å². The van der Waals surface area contributed by atoms with E-state index in [1.807, 2.05) is 12.1 Å². The smallest absolute Gasteiger partial charge is 0.420 e. The van der Waals surface area contributed by atoms with Crippen molar-refractivity contribution in [1.82, 2.24) is 0 Å². The van der Waals surface area contributed by atoms with E-state index in [0.717, 1.165) is 6.07 Å². The van der Waals surface area contributed by atoms with Crippen molar-refractivity contribution < 1.29 is 22.6 Å². The largest absolute Gasteiger partial charge is 0.489 e. The Labute approximate surface area is 178 Å².